The van der Waals surface area contributed by atoms with Gasteiger partial charge in [-0.05, 0) is 48.2 Å². The Morgan fingerprint density at radius 2 is 1.04 bits per heavy atom. The van der Waals surface area contributed by atoms with Crippen LogP contribution in [0.2, 0.25) is 0 Å². The van der Waals surface area contributed by atoms with Crippen molar-refractivity contribution in [3.63, 3.8) is 0 Å². The normalized spacial score (nSPS) is 21.1. The Hall–Kier alpha value is -2.74. The molecule has 0 saturated heterocycles. The van der Waals surface area contributed by atoms with Crippen LogP contribution in [0.4, 0.5) is 11.4 Å². The largest absolute Gasteiger partial charge is 0.398 e. The van der Waals surface area contributed by atoms with Crippen molar-refractivity contribution in [3.05, 3.63) is 108 Å². The van der Waals surface area contributed by atoms with Crippen molar-refractivity contribution in [1.29, 1.82) is 0 Å². The molecule has 0 aromatic heterocycles. The van der Waals surface area contributed by atoms with Crippen molar-refractivity contribution in [1.82, 2.24) is 0 Å². The lowest BCUT2D eigenvalue weighted by Crippen LogP contribution is -2.12. The number of hydrogen-bond donors (Lipinski definition) is 0. The molecule has 0 N–H and O–H groups in total. The van der Waals surface area contributed by atoms with Crippen molar-refractivity contribution in [3.8, 4) is 0 Å². The fourth-order valence-electron chi connectivity index (χ4n) is 3.57. The maximum atomic E-state index is 6.36. The molecule has 2 radical (unpaired) electrons. The molecule has 0 amide bonds. The number of rotatable bonds is 4. The Labute approximate surface area is 157 Å². The summed E-state index contributed by atoms with van der Waals surface area (Å²) in [6, 6.07) is 17.1. The van der Waals surface area contributed by atoms with Crippen molar-refractivity contribution in [2.24, 2.45) is 0 Å². The predicted octanol–water partition coefficient (Wildman–Crippen LogP) is 6.11. The molecule has 0 aliphatic heterocycles. The molecule has 2 unspecified atom stereocenters. The van der Waals surface area contributed by atoms with E-state index in [9.17, 15) is 0 Å². The van der Waals surface area contributed by atoms with Gasteiger partial charge in [0.1, 0.15) is 0 Å². The summed E-state index contributed by atoms with van der Waals surface area (Å²) in [7, 11) is 6.36. The van der Waals surface area contributed by atoms with E-state index < -0.39 is 0 Å². The van der Waals surface area contributed by atoms with Crippen molar-refractivity contribution in [2.45, 2.75) is 24.7 Å². The van der Waals surface area contributed by atoms with Gasteiger partial charge in [0.15, 0.2) is 0 Å². The van der Waals surface area contributed by atoms with E-state index in [2.05, 4.69) is 97.1 Å². The summed E-state index contributed by atoms with van der Waals surface area (Å²) >= 11 is 0. The van der Waals surface area contributed by atoms with E-state index in [0.717, 1.165) is 24.2 Å². The number of allylic oxidation sites excluding steroid dienone is 8. The van der Waals surface area contributed by atoms with Crippen LogP contribution in [0.15, 0.2) is 97.1 Å². The highest BCUT2D eigenvalue weighted by Gasteiger charge is 2.11. The molecule has 4 rings (SSSR count). The molecule has 2 aliphatic carbocycles. The van der Waals surface area contributed by atoms with Crippen LogP contribution in [0.1, 0.15) is 35.8 Å². The summed E-state index contributed by atoms with van der Waals surface area (Å²) in [5, 5.41) is 0. The molecule has 2 heteroatoms. The summed E-state index contributed by atoms with van der Waals surface area (Å²) in [5.41, 5.74) is 4.65. The monoisotopic (exact) mass is 335 g/mol. The van der Waals surface area contributed by atoms with Gasteiger partial charge in [-0.15, -0.1) is 0 Å². The average Bonchev–Trinajstić information content (AvgIpc) is 2.75. The second-order valence-corrected chi connectivity index (χ2v) is 6.86. The van der Waals surface area contributed by atoms with Crippen LogP contribution >= 0.6 is 0 Å². The summed E-state index contributed by atoms with van der Waals surface area (Å²) in [4.78, 5) is 1.75. The molecule has 0 heterocycles. The van der Waals surface area contributed by atoms with Gasteiger partial charge < -0.3 is 4.81 Å². The van der Waals surface area contributed by atoms with Gasteiger partial charge >= 0.3 is 0 Å². The second-order valence-electron chi connectivity index (χ2n) is 6.86. The Bertz CT molecular complexity index is 783. The molecule has 2 aromatic carbocycles. The van der Waals surface area contributed by atoms with E-state index >= 15 is 0 Å². The summed E-state index contributed by atoms with van der Waals surface area (Å²) < 4.78 is 0. The maximum Gasteiger partial charge on any atom is 0.234 e. The first-order chi connectivity index (χ1) is 12.8. The zero-order valence-corrected chi connectivity index (χ0v) is 14.8. The molecule has 26 heavy (non-hydrogen) atoms. The van der Waals surface area contributed by atoms with Gasteiger partial charge in [-0.25, -0.2) is 0 Å². The molecule has 2 atom stereocenters. The van der Waals surface area contributed by atoms with Crippen LogP contribution in [0.3, 0.4) is 0 Å². The van der Waals surface area contributed by atoms with E-state index in [1.807, 2.05) is 0 Å². The smallest absolute Gasteiger partial charge is 0.234 e. The van der Waals surface area contributed by atoms with Crippen LogP contribution in [0.25, 0.3) is 0 Å². The zero-order chi connectivity index (χ0) is 17.8. The van der Waals surface area contributed by atoms with Crippen LogP contribution < -0.4 is 4.81 Å². The predicted molar refractivity (Wildman–Crippen MR) is 112 cm³/mol. The zero-order valence-electron chi connectivity index (χ0n) is 14.8. The molecule has 2 aromatic rings. The number of benzene rings is 2. The van der Waals surface area contributed by atoms with Crippen molar-refractivity contribution < 1.29 is 0 Å². The molecular formula is C24H22BN. The highest BCUT2D eigenvalue weighted by atomic mass is 15.0. The molecule has 0 saturated carbocycles. The summed E-state index contributed by atoms with van der Waals surface area (Å²) in [6.45, 7) is 0. The van der Waals surface area contributed by atoms with E-state index in [0.29, 0.717) is 11.8 Å². The fraction of sp³-hybridized carbons (Fsp3) is 0.167. The second kappa shape index (κ2) is 7.66. The highest BCUT2D eigenvalue weighted by molar-refractivity contribution is 6.22. The van der Waals surface area contributed by atoms with Crippen molar-refractivity contribution >= 4 is 19.4 Å². The van der Waals surface area contributed by atoms with E-state index in [1.54, 1.807) is 4.81 Å². The minimum Gasteiger partial charge on any atom is -0.398 e. The first-order valence-electron chi connectivity index (χ1n) is 9.23. The third kappa shape index (κ3) is 3.60. The van der Waals surface area contributed by atoms with E-state index in [-0.39, 0.29) is 0 Å². The number of hydrogen-bond acceptors (Lipinski definition) is 1. The van der Waals surface area contributed by atoms with Gasteiger partial charge in [-0.3, -0.25) is 0 Å². The summed E-state index contributed by atoms with van der Waals surface area (Å²) in [5.74, 6) is 0.939. The topological polar surface area (TPSA) is 3.24 Å². The lowest BCUT2D eigenvalue weighted by molar-refractivity contribution is 0.853. The number of nitrogens with zero attached hydrogens (tertiary/aromatic N) is 1. The van der Waals surface area contributed by atoms with Crippen LogP contribution in [0, 0.1) is 0 Å². The average molecular weight is 335 g/mol. The molecular weight excluding hydrogens is 313 g/mol. The van der Waals surface area contributed by atoms with E-state index in [4.69, 9.17) is 7.98 Å². The van der Waals surface area contributed by atoms with E-state index in [1.165, 1.54) is 11.1 Å². The van der Waals surface area contributed by atoms with Gasteiger partial charge in [0.25, 0.3) is 0 Å². The SMILES string of the molecule is [B]N(c1ccc(C2C=CC=CC2)cc1)c1ccc(C2C=CC=CC2)cc1. The Morgan fingerprint density at radius 1 is 0.615 bits per heavy atom. The Morgan fingerprint density at radius 3 is 1.38 bits per heavy atom. The van der Waals surface area contributed by atoms with Gasteiger partial charge in [0, 0.05) is 23.2 Å². The first kappa shape index (κ1) is 16.7. The van der Waals surface area contributed by atoms with Crippen molar-refractivity contribution in [2.75, 3.05) is 4.81 Å². The van der Waals surface area contributed by atoms with Crippen LogP contribution in [-0.4, -0.2) is 7.98 Å². The first-order valence-corrected chi connectivity index (χ1v) is 9.23. The molecule has 126 valence electrons. The van der Waals surface area contributed by atoms with Crippen LogP contribution in [0.5, 0.6) is 0 Å². The minimum atomic E-state index is 0.470. The van der Waals surface area contributed by atoms with Gasteiger partial charge in [-0.1, -0.05) is 72.9 Å². The van der Waals surface area contributed by atoms with Gasteiger partial charge in [0.05, 0.1) is 0 Å². The van der Waals surface area contributed by atoms with Gasteiger partial charge in [-0.2, -0.15) is 0 Å². The maximum absolute atomic E-state index is 6.36. The fourth-order valence-corrected chi connectivity index (χ4v) is 3.57. The molecule has 2 aliphatic rings. The number of anilines is 2. The third-order valence-corrected chi connectivity index (χ3v) is 5.16. The lowest BCUT2D eigenvalue weighted by Gasteiger charge is -2.23. The lowest BCUT2D eigenvalue weighted by atomic mass is 9.92. The molecule has 1 nitrogen and oxygen atoms in total. The molecule has 0 bridgehead atoms. The Balaban J connectivity index is 1.47. The third-order valence-electron chi connectivity index (χ3n) is 5.16. The van der Waals surface area contributed by atoms with Gasteiger partial charge in [0.2, 0.25) is 7.98 Å². The highest BCUT2D eigenvalue weighted by Crippen LogP contribution is 2.30. The minimum absolute atomic E-state index is 0.470. The quantitative estimate of drug-likeness (QED) is 0.610. The van der Waals surface area contributed by atoms with Crippen LogP contribution in [-0.2, 0) is 0 Å². The molecule has 0 fully saturated rings. The molecule has 0 spiro atoms. The Kier molecular flexibility index (Phi) is 4.92. The standard InChI is InChI=1S/C24H22BN/c25-26(23-15-11-21(12-16-23)19-7-3-1-4-8-19)24-17-13-22(14-18-24)20-9-5-2-6-10-20/h1-7,9,11-20H,8,10H2. The summed E-state index contributed by atoms with van der Waals surface area (Å²) in [6.07, 6.45) is 19.5.